The van der Waals surface area contributed by atoms with Crippen LogP contribution in [-0.4, -0.2) is 136 Å². The zero-order valence-corrected chi connectivity index (χ0v) is 48.7. The third kappa shape index (κ3) is 14.4. The largest absolute Gasteiger partial charge is 0.497 e. The highest BCUT2D eigenvalue weighted by Crippen LogP contribution is 2.43. The molecule has 0 bridgehead atoms. The molecule has 2 saturated heterocycles. The van der Waals surface area contributed by atoms with Crippen LogP contribution in [0.2, 0.25) is 0 Å². The number of hydrogen-bond acceptors (Lipinski definition) is 12. The Kier molecular flexibility index (Phi) is 18.8. The Morgan fingerprint density at radius 3 is 1.41 bits per heavy atom. The van der Waals surface area contributed by atoms with Gasteiger partial charge in [0.25, 0.3) is 11.8 Å². The predicted molar refractivity (Wildman–Crippen MR) is 322 cm³/mol. The number of carbonyl (C=O) groups is 7. The molecule has 88 heavy (non-hydrogen) atoms. The number of benzene rings is 6. The second-order valence-corrected chi connectivity index (χ2v) is 22.2. The van der Waals surface area contributed by atoms with Crippen molar-refractivity contribution in [1.82, 2.24) is 51.0 Å². The molecule has 2 fully saturated rings. The molecule has 0 spiro atoms. The Morgan fingerprint density at radius 1 is 0.534 bits per heavy atom. The topological polar surface area (TPSA) is 259 Å². The summed E-state index contributed by atoms with van der Waals surface area (Å²) in [5, 5.41) is 11.5. The van der Waals surface area contributed by atoms with Gasteiger partial charge in [-0.3, -0.25) is 33.6 Å². The molecule has 20 nitrogen and oxygen atoms in total. The van der Waals surface area contributed by atoms with Crippen LogP contribution in [0.4, 0.5) is 4.39 Å². The third-order valence-corrected chi connectivity index (χ3v) is 16.1. The maximum atomic E-state index is 15.1. The Hall–Kier alpha value is -10.4. The zero-order chi connectivity index (χ0) is 61.8. The molecule has 2 aliphatic heterocycles. The molecule has 8 aromatic rings. The number of ether oxygens (including phenoxy) is 3. The highest BCUT2D eigenvalue weighted by Gasteiger charge is 2.55. The van der Waals surface area contributed by atoms with Crippen LogP contribution in [0, 0.1) is 12.7 Å². The van der Waals surface area contributed by atoms with Gasteiger partial charge in [0.15, 0.2) is 5.60 Å². The molecule has 0 aliphatic carbocycles. The fraction of sp³-hybridized carbons (Fsp3) is 0.269. The van der Waals surface area contributed by atoms with Gasteiger partial charge in [-0.15, -0.1) is 0 Å². The maximum Gasteiger partial charge on any atom is 0.307 e. The van der Waals surface area contributed by atoms with E-state index in [-0.39, 0.29) is 58.3 Å². The van der Waals surface area contributed by atoms with Gasteiger partial charge in [0.2, 0.25) is 23.6 Å². The summed E-state index contributed by atoms with van der Waals surface area (Å²) in [6.07, 6.45) is 6.00. The number of imidazole rings is 2. The maximum absolute atomic E-state index is 15.1. The van der Waals surface area contributed by atoms with Gasteiger partial charge in [0, 0.05) is 67.7 Å². The molecule has 6 amide bonds. The van der Waals surface area contributed by atoms with Crippen molar-refractivity contribution in [2.24, 2.45) is 0 Å². The van der Waals surface area contributed by atoms with E-state index in [2.05, 4.69) is 41.2 Å². The van der Waals surface area contributed by atoms with Crippen molar-refractivity contribution in [2.45, 2.75) is 74.2 Å². The van der Waals surface area contributed by atoms with E-state index in [1.807, 2.05) is 31.2 Å². The lowest BCUT2D eigenvalue weighted by Gasteiger charge is -2.53. The second kappa shape index (κ2) is 27.3. The highest BCUT2D eigenvalue weighted by atomic mass is 19.1. The molecule has 2 aromatic heterocycles. The number of aromatic nitrogens is 4. The molecule has 2 aliphatic rings. The number of amides is 6. The van der Waals surface area contributed by atoms with E-state index in [1.54, 1.807) is 134 Å². The summed E-state index contributed by atoms with van der Waals surface area (Å²) in [6, 6.07) is 39.3. The van der Waals surface area contributed by atoms with E-state index in [1.165, 1.54) is 48.9 Å². The average molecular weight is 1190 g/mol. The molecule has 0 radical (unpaired) electrons. The summed E-state index contributed by atoms with van der Waals surface area (Å²) in [5.74, 6) is -3.26. The molecule has 6 aromatic carbocycles. The van der Waals surface area contributed by atoms with Gasteiger partial charge >= 0.3 is 5.97 Å². The Morgan fingerprint density at radius 2 is 0.977 bits per heavy atom. The van der Waals surface area contributed by atoms with Crippen molar-refractivity contribution < 1.29 is 52.2 Å². The third-order valence-electron chi connectivity index (χ3n) is 16.1. The first-order valence-electron chi connectivity index (χ1n) is 28.7. The lowest BCUT2D eigenvalue weighted by Crippen LogP contribution is -2.68. The Bertz CT molecular complexity index is 3710. The molecule has 452 valence electrons. The molecule has 6 N–H and O–H groups in total. The molecule has 10 rings (SSSR count). The standard InChI is InChI=1S/C67H67FN10O10/c1-43-12-10-11-17-54(43)66(37-77(38-66)64(84)57(30-44-18-26-52(86-2)27-19-44)75-62(82)55(32-50-35-69-41-71-50)73-60(80)46-13-6-4-7-14-46)34-59(79)88-67(48-22-24-49(68)25-23-48)39-78(40-67)65(85)58(31-45-20-28-53(87-3)29-21-45)76-63(83)56(33-51-36-70-42-72-51)74-61(81)47-15-8-5-9-16-47/h4-29,35-36,41-42,55-58H,30-34,37-40H2,1-3H3,(H,69,71)(H,70,72)(H,73,80)(H,74,81)(H,75,82)(H,76,83)/t55-,56-,57-,58-/m0/s1. The fourth-order valence-electron chi connectivity index (χ4n) is 11.4. The molecule has 4 atom stereocenters. The number of aryl methyl sites for hydroxylation is 1. The van der Waals surface area contributed by atoms with Crippen molar-refractivity contribution in [1.29, 1.82) is 0 Å². The van der Waals surface area contributed by atoms with Crippen molar-refractivity contribution in [3.05, 3.63) is 239 Å². The van der Waals surface area contributed by atoms with Gasteiger partial charge in [0.1, 0.15) is 41.5 Å². The lowest BCUT2D eigenvalue weighted by molar-refractivity contribution is -0.192. The van der Waals surface area contributed by atoms with E-state index < -0.39 is 82.4 Å². The minimum Gasteiger partial charge on any atom is -0.497 e. The molecular formula is C67H67FN10O10. The SMILES string of the molecule is COc1ccc(C[C@H](NC(=O)[C@H](Cc2c[nH]cn2)NC(=O)c2ccccc2)C(=O)N2CC(CC(=O)OC3(c4ccc(F)cc4)CN(C(=O)[C@H](Cc4ccc(OC)cc4)NC(=O)[C@H](Cc4c[nH]cn4)NC(=O)c4ccccc4)C3)(c3ccccc3C)C2)cc1. The smallest absolute Gasteiger partial charge is 0.307 e. The number of nitrogens with zero attached hydrogens (tertiary/aromatic N) is 4. The van der Waals surface area contributed by atoms with Gasteiger partial charge in [-0.1, -0.05) is 97.1 Å². The van der Waals surface area contributed by atoms with Crippen LogP contribution >= 0.6 is 0 Å². The Balaban J connectivity index is 0.893. The van der Waals surface area contributed by atoms with Crippen LogP contribution in [-0.2, 0) is 65.4 Å². The van der Waals surface area contributed by atoms with Crippen LogP contribution in [0.25, 0.3) is 0 Å². The predicted octanol–water partition coefficient (Wildman–Crippen LogP) is 5.89. The fourth-order valence-corrected chi connectivity index (χ4v) is 11.4. The van der Waals surface area contributed by atoms with E-state index in [9.17, 15) is 28.4 Å². The monoisotopic (exact) mass is 1190 g/mol. The van der Waals surface area contributed by atoms with Gasteiger partial charge in [-0.2, -0.15) is 0 Å². The minimum atomic E-state index is -1.48. The van der Waals surface area contributed by atoms with Crippen LogP contribution in [0.3, 0.4) is 0 Å². The molecule has 0 unspecified atom stereocenters. The van der Waals surface area contributed by atoms with Crippen LogP contribution < -0.4 is 30.7 Å². The number of H-pyrrole nitrogens is 2. The summed E-state index contributed by atoms with van der Waals surface area (Å²) in [7, 11) is 3.07. The van der Waals surface area contributed by atoms with Gasteiger partial charge < -0.3 is 55.2 Å². The number of halogens is 1. The highest BCUT2D eigenvalue weighted by molar-refractivity contribution is 6.00. The average Bonchev–Trinajstić information content (AvgIpc) is 0.977. The van der Waals surface area contributed by atoms with Crippen LogP contribution in [0.5, 0.6) is 11.5 Å². The minimum absolute atomic E-state index is 0.00838. The number of aromatic amines is 2. The number of hydrogen-bond donors (Lipinski definition) is 6. The number of rotatable bonds is 25. The summed E-state index contributed by atoms with van der Waals surface area (Å²) < 4.78 is 32.0. The summed E-state index contributed by atoms with van der Waals surface area (Å²) >= 11 is 0. The van der Waals surface area contributed by atoms with Crippen molar-refractivity contribution in [3.63, 3.8) is 0 Å². The van der Waals surface area contributed by atoms with Crippen LogP contribution in [0.1, 0.15) is 66.3 Å². The molecular weight excluding hydrogens is 1120 g/mol. The zero-order valence-electron chi connectivity index (χ0n) is 48.7. The quantitative estimate of drug-likeness (QED) is 0.0367. The van der Waals surface area contributed by atoms with Crippen molar-refractivity contribution >= 4 is 41.4 Å². The summed E-state index contributed by atoms with van der Waals surface area (Å²) in [5.41, 5.74) is 2.61. The number of methoxy groups -OCH3 is 2. The molecule has 0 saturated carbocycles. The first kappa shape index (κ1) is 60.7. The summed E-state index contributed by atoms with van der Waals surface area (Å²) in [6.45, 7) is 1.63. The number of nitrogens with one attached hydrogen (secondary N) is 6. The first-order chi connectivity index (χ1) is 42.6. The van der Waals surface area contributed by atoms with Crippen LogP contribution in [0.15, 0.2) is 183 Å². The van der Waals surface area contributed by atoms with Gasteiger partial charge in [0.05, 0.1) is 57.8 Å². The first-order valence-corrected chi connectivity index (χ1v) is 28.7. The van der Waals surface area contributed by atoms with Crippen molar-refractivity contribution in [2.75, 3.05) is 40.4 Å². The normalized spacial score (nSPS) is 15.1. The Labute approximate surface area is 507 Å². The van der Waals surface area contributed by atoms with Crippen molar-refractivity contribution in [3.8, 4) is 11.5 Å². The number of carbonyl (C=O) groups excluding carboxylic acids is 7. The molecule has 4 heterocycles. The lowest BCUT2D eigenvalue weighted by atomic mass is 9.69. The van der Waals surface area contributed by atoms with Gasteiger partial charge in [-0.25, -0.2) is 14.4 Å². The van der Waals surface area contributed by atoms with E-state index in [0.717, 1.165) is 11.1 Å². The number of esters is 1. The molecule has 21 heteroatoms. The second-order valence-electron chi connectivity index (χ2n) is 22.2. The summed E-state index contributed by atoms with van der Waals surface area (Å²) in [4.78, 5) is 119. The van der Waals surface area contributed by atoms with E-state index in [0.29, 0.717) is 50.7 Å². The van der Waals surface area contributed by atoms with Gasteiger partial charge in [-0.05, 0) is 95.4 Å². The number of likely N-dealkylation sites (tertiary alicyclic amines) is 2. The van der Waals surface area contributed by atoms with E-state index >= 15 is 9.59 Å². The van der Waals surface area contributed by atoms with E-state index in [4.69, 9.17) is 14.2 Å².